The first-order chi connectivity index (χ1) is 11.0. The van der Waals surface area contributed by atoms with Crippen molar-refractivity contribution >= 4 is 17.8 Å². The lowest BCUT2D eigenvalue weighted by Gasteiger charge is -2.02. The Kier molecular flexibility index (Phi) is 4.88. The minimum atomic E-state index is -0.591. The summed E-state index contributed by atoms with van der Waals surface area (Å²) in [6.45, 7) is 0. The van der Waals surface area contributed by atoms with Crippen LogP contribution in [0.25, 0.3) is 0 Å². The van der Waals surface area contributed by atoms with Gasteiger partial charge in [-0.05, 0) is 30.3 Å². The van der Waals surface area contributed by atoms with Crippen molar-refractivity contribution in [3.8, 4) is 11.5 Å². The maximum absolute atomic E-state index is 11.9. The molecule has 8 nitrogen and oxygen atoms in total. The Balaban J connectivity index is 2.07. The third kappa shape index (κ3) is 4.03. The number of nitrogens with one attached hydrogen (secondary N) is 1. The Labute approximate surface area is 131 Å². The van der Waals surface area contributed by atoms with Crippen LogP contribution in [0.5, 0.6) is 11.5 Å². The van der Waals surface area contributed by atoms with Crippen molar-refractivity contribution in [1.29, 1.82) is 0 Å². The van der Waals surface area contributed by atoms with Crippen LogP contribution in [0.1, 0.15) is 15.9 Å². The van der Waals surface area contributed by atoms with E-state index < -0.39 is 10.8 Å². The Morgan fingerprint density at radius 1 is 1.30 bits per heavy atom. The van der Waals surface area contributed by atoms with E-state index in [1.54, 1.807) is 24.3 Å². The van der Waals surface area contributed by atoms with E-state index >= 15 is 0 Å². The van der Waals surface area contributed by atoms with Crippen molar-refractivity contribution in [2.45, 2.75) is 0 Å². The summed E-state index contributed by atoms with van der Waals surface area (Å²) in [6, 6.07) is 9.89. The molecule has 0 fully saturated rings. The number of hydrazone groups is 1. The number of ether oxygens (including phenoxy) is 1. The van der Waals surface area contributed by atoms with E-state index in [9.17, 15) is 20.0 Å². The maximum Gasteiger partial charge on any atom is 0.271 e. The molecule has 0 heterocycles. The molecule has 0 aliphatic rings. The van der Waals surface area contributed by atoms with Crippen molar-refractivity contribution in [2.75, 3.05) is 7.11 Å². The second kappa shape index (κ2) is 7.03. The summed E-state index contributed by atoms with van der Waals surface area (Å²) in [5, 5.41) is 24.0. The van der Waals surface area contributed by atoms with Crippen LogP contribution in [0.4, 0.5) is 5.69 Å². The fourth-order valence-corrected chi connectivity index (χ4v) is 1.73. The molecule has 0 aliphatic heterocycles. The molecule has 0 atom stereocenters. The van der Waals surface area contributed by atoms with Crippen LogP contribution in [-0.4, -0.2) is 29.3 Å². The fourth-order valence-electron chi connectivity index (χ4n) is 1.73. The van der Waals surface area contributed by atoms with Crippen LogP contribution < -0.4 is 10.2 Å². The number of benzene rings is 2. The number of nitrogens with zero attached hydrogens (tertiary/aromatic N) is 2. The largest absolute Gasteiger partial charge is 0.507 e. The Morgan fingerprint density at radius 3 is 2.61 bits per heavy atom. The van der Waals surface area contributed by atoms with Gasteiger partial charge in [0.25, 0.3) is 11.6 Å². The van der Waals surface area contributed by atoms with Crippen LogP contribution in [-0.2, 0) is 0 Å². The zero-order chi connectivity index (χ0) is 16.8. The van der Waals surface area contributed by atoms with Gasteiger partial charge in [0.1, 0.15) is 11.5 Å². The van der Waals surface area contributed by atoms with Gasteiger partial charge in [0.2, 0.25) is 0 Å². The van der Waals surface area contributed by atoms with Crippen LogP contribution in [0.15, 0.2) is 47.6 Å². The molecule has 0 saturated heterocycles. The van der Waals surface area contributed by atoms with E-state index in [2.05, 4.69) is 10.5 Å². The highest BCUT2D eigenvalue weighted by Crippen LogP contribution is 2.21. The molecule has 2 aromatic carbocycles. The van der Waals surface area contributed by atoms with Gasteiger partial charge in [-0.25, -0.2) is 5.43 Å². The van der Waals surface area contributed by atoms with Gasteiger partial charge in [-0.1, -0.05) is 0 Å². The van der Waals surface area contributed by atoms with Crippen LogP contribution in [0, 0.1) is 10.1 Å². The molecule has 0 saturated carbocycles. The van der Waals surface area contributed by atoms with E-state index in [0.717, 1.165) is 12.3 Å². The van der Waals surface area contributed by atoms with Crippen LogP contribution in [0.2, 0.25) is 0 Å². The van der Waals surface area contributed by atoms with Gasteiger partial charge in [0.05, 0.1) is 18.2 Å². The first kappa shape index (κ1) is 16.0. The third-order valence-electron chi connectivity index (χ3n) is 2.94. The summed E-state index contributed by atoms with van der Waals surface area (Å²) < 4.78 is 4.99. The number of carbonyl (C=O) groups is 1. The zero-order valence-electron chi connectivity index (χ0n) is 12.1. The number of nitro benzene ring substituents is 1. The van der Waals surface area contributed by atoms with E-state index in [4.69, 9.17) is 4.74 Å². The average molecular weight is 315 g/mol. The van der Waals surface area contributed by atoms with Crippen molar-refractivity contribution in [2.24, 2.45) is 5.10 Å². The molecule has 2 N–H and O–H groups in total. The molecule has 0 bridgehead atoms. The lowest BCUT2D eigenvalue weighted by Crippen LogP contribution is -2.17. The molecule has 0 spiro atoms. The normalized spacial score (nSPS) is 10.5. The predicted octanol–water partition coefficient (Wildman–Crippen LogP) is 2.07. The number of aromatic hydroxyl groups is 1. The summed E-state index contributed by atoms with van der Waals surface area (Å²) in [5.41, 5.74) is 2.57. The monoisotopic (exact) mass is 315 g/mol. The fraction of sp³-hybridized carbons (Fsp3) is 0.0667. The standard InChI is InChI=1S/C15H13N3O5/c1-23-13-5-2-10(3-6-13)15(20)17-16-9-11-8-12(18(21)22)4-7-14(11)19/h2-9,19H,1H3,(H,17,20)/b16-9-. The minimum Gasteiger partial charge on any atom is -0.507 e. The smallest absolute Gasteiger partial charge is 0.271 e. The van der Waals surface area contributed by atoms with E-state index in [-0.39, 0.29) is 17.0 Å². The number of amides is 1. The number of rotatable bonds is 5. The molecule has 118 valence electrons. The summed E-state index contributed by atoms with van der Waals surface area (Å²) in [6.07, 6.45) is 1.13. The van der Waals surface area contributed by atoms with Crippen molar-refractivity contribution in [3.63, 3.8) is 0 Å². The zero-order valence-corrected chi connectivity index (χ0v) is 12.1. The Morgan fingerprint density at radius 2 is 2.00 bits per heavy atom. The number of hydrogen-bond donors (Lipinski definition) is 2. The number of hydrogen-bond acceptors (Lipinski definition) is 6. The molecule has 2 aromatic rings. The SMILES string of the molecule is COc1ccc(C(=O)N/N=C\c2cc([N+](=O)[O-])ccc2O)cc1. The second-order valence-electron chi connectivity index (χ2n) is 4.43. The molecule has 1 amide bonds. The van der Waals surface area contributed by atoms with Gasteiger partial charge in [-0.15, -0.1) is 0 Å². The van der Waals surface area contributed by atoms with Gasteiger partial charge in [0, 0.05) is 23.3 Å². The molecule has 23 heavy (non-hydrogen) atoms. The number of non-ortho nitro benzene ring substituents is 1. The van der Waals surface area contributed by atoms with Crippen LogP contribution >= 0.6 is 0 Å². The highest BCUT2D eigenvalue weighted by molar-refractivity contribution is 5.95. The van der Waals surface area contributed by atoms with Gasteiger partial charge in [0.15, 0.2) is 0 Å². The van der Waals surface area contributed by atoms with E-state index in [0.29, 0.717) is 11.3 Å². The minimum absolute atomic E-state index is 0.120. The second-order valence-corrected chi connectivity index (χ2v) is 4.43. The van der Waals surface area contributed by atoms with Crippen molar-refractivity contribution in [3.05, 3.63) is 63.7 Å². The molecule has 0 unspecified atom stereocenters. The molecule has 0 aromatic heterocycles. The number of methoxy groups -OCH3 is 1. The topological polar surface area (TPSA) is 114 Å². The number of phenols is 1. The van der Waals surface area contributed by atoms with Gasteiger partial charge in [-0.3, -0.25) is 14.9 Å². The number of nitro groups is 1. The third-order valence-corrected chi connectivity index (χ3v) is 2.94. The Hall–Kier alpha value is -3.42. The lowest BCUT2D eigenvalue weighted by molar-refractivity contribution is -0.384. The first-order valence-corrected chi connectivity index (χ1v) is 6.46. The van der Waals surface area contributed by atoms with E-state index in [1.807, 2.05) is 0 Å². The summed E-state index contributed by atoms with van der Waals surface area (Å²) in [4.78, 5) is 22.0. The van der Waals surface area contributed by atoms with E-state index in [1.165, 1.54) is 19.2 Å². The number of phenolic OH excluding ortho intramolecular Hbond substituents is 1. The quantitative estimate of drug-likeness (QED) is 0.498. The molecule has 0 radical (unpaired) electrons. The van der Waals surface area contributed by atoms with Crippen molar-refractivity contribution in [1.82, 2.24) is 5.43 Å². The highest BCUT2D eigenvalue weighted by Gasteiger charge is 2.09. The number of carbonyl (C=O) groups excluding carboxylic acids is 1. The van der Waals surface area contributed by atoms with Gasteiger partial charge < -0.3 is 9.84 Å². The Bertz CT molecular complexity index is 756. The average Bonchev–Trinajstić information content (AvgIpc) is 2.56. The molecular formula is C15H13N3O5. The lowest BCUT2D eigenvalue weighted by atomic mass is 10.2. The molecule has 8 heteroatoms. The summed E-state index contributed by atoms with van der Waals surface area (Å²) >= 11 is 0. The molecular weight excluding hydrogens is 302 g/mol. The van der Waals surface area contributed by atoms with Crippen molar-refractivity contribution < 1.29 is 19.6 Å². The maximum atomic E-state index is 11.9. The molecule has 2 rings (SSSR count). The first-order valence-electron chi connectivity index (χ1n) is 6.46. The highest BCUT2D eigenvalue weighted by atomic mass is 16.6. The predicted molar refractivity (Wildman–Crippen MR) is 82.8 cm³/mol. The van der Waals surface area contributed by atoms with Crippen LogP contribution in [0.3, 0.4) is 0 Å². The van der Waals surface area contributed by atoms with Gasteiger partial charge >= 0.3 is 0 Å². The van der Waals surface area contributed by atoms with Gasteiger partial charge in [-0.2, -0.15) is 5.10 Å². The summed E-state index contributed by atoms with van der Waals surface area (Å²) in [5.74, 6) is -0.0292. The molecule has 0 aliphatic carbocycles. The summed E-state index contributed by atoms with van der Waals surface area (Å²) in [7, 11) is 1.52.